The second kappa shape index (κ2) is 6.56. The maximum atomic E-state index is 12.0. The Morgan fingerprint density at radius 2 is 2.33 bits per heavy atom. The van der Waals surface area contributed by atoms with Gasteiger partial charge in [0.2, 0.25) is 5.95 Å². The monoisotopic (exact) mass is 342 g/mol. The molecule has 124 valence electrons. The van der Waals surface area contributed by atoms with E-state index in [0.29, 0.717) is 18.2 Å². The lowest BCUT2D eigenvalue weighted by Gasteiger charge is -2.32. The van der Waals surface area contributed by atoms with Crippen LogP contribution < -0.4 is 10.2 Å². The number of hydrogen-bond acceptors (Lipinski definition) is 6. The van der Waals surface area contributed by atoms with E-state index in [9.17, 15) is 4.79 Å². The summed E-state index contributed by atoms with van der Waals surface area (Å²) in [6.07, 6.45) is 4.17. The van der Waals surface area contributed by atoms with Crippen LogP contribution in [0.2, 0.25) is 0 Å². The van der Waals surface area contributed by atoms with Crippen LogP contribution in [0.25, 0.3) is 5.65 Å². The summed E-state index contributed by atoms with van der Waals surface area (Å²) in [5, 5.41) is 13.3. The molecule has 3 aromatic rings. The van der Waals surface area contributed by atoms with Gasteiger partial charge in [0.1, 0.15) is 5.69 Å². The molecule has 0 bridgehead atoms. The Kier molecular flexibility index (Phi) is 4.12. The van der Waals surface area contributed by atoms with Crippen molar-refractivity contribution in [3.05, 3.63) is 41.0 Å². The number of thiazole rings is 1. The standard InChI is InChI=1S/C16H18N6OS/c23-15(13-10-24-11-18-13)17-8-12-4-3-6-21(9-12)16-20-19-14-5-1-2-7-22(14)16/h1-2,5,7,10-12H,3-4,6,8-9H2,(H,17,23). The van der Waals surface area contributed by atoms with Gasteiger partial charge in [-0.1, -0.05) is 6.07 Å². The van der Waals surface area contributed by atoms with Crippen LogP contribution in [0, 0.1) is 5.92 Å². The maximum Gasteiger partial charge on any atom is 0.270 e. The largest absolute Gasteiger partial charge is 0.350 e. The molecule has 1 aliphatic rings. The van der Waals surface area contributed by atoms with Gasteiger partial charge in [-0.2, -0.15) is 0 Å². The van der Waals surface area contributed by atoms with Gasteiger partial charge < -0.3 is 10.2 Å². The molecule has 1 aliphatic heterocycles. The molecular formula is C16H18N6OS. The summed E-state index contributed by atoms with van der Waals surface area (Å²) >= 11 is 1.43. The highest BCUT2D eigenvalue weighted by atomic mass is 32.1. The summed E-state index contributed by atoms with van der Waals surface area (Å²) < 4.78 is 2.01. The lowest BCUT2D eigenvalue weighted by atomic mass is 9.98. The van der Waals surface area contributed by atoms with Gasteiger partial charge in [-0.05, 0) is 30.9 Å². The van der Waals surface area contributed by atoms with E-state index in [0.717, 1.165) is 37.5 Å². The van der Waals surface area contributed by atoms with Crippen molar-refractivity contribution in [1.82, 2.24) is 24.9 Å². The van der Waals surface area contributed by atoms with Crippen molar-refractivity contribution in [3.63, 3.8) is 0 Å². The smallest absolute Gasteiger partial charge is 0.270 e. The Hall–Kier alpha value is -2.48. The van der Waals surface area contributed by atoms with Gasteiger partial charge >= 0.3 is 0 Å². The first-order valence-electron chi connectivity index (χ1n) is 8.02. The van der Waals surface area contributed by atoms with E-state index < -0.39 is 0 Å². The molecule has 0 aromatic carbocycles. The molecule has 24 heavy (non-hydrogen) atoms. The zero-order valence-corrected chi connectivity index (χ0v) is 13.9. The van der Waals surface area contributed by atoms with E-state index in [4.69, 9.17) is 0 Å². The van der Waals surface area contributed by atoms with E-state index in [1.165, 1.54) is 11.3 Å². The Bertz CT molecular complexity index is 830. The number of pyridine rings is 1. The average Bonchev–Trinajstić information content (AvgIpc) is 3.29. The highest BCUT2D eigenvalue weighted by Crippen LogP contribution is 2.22. The minimum atomic E-state index is -0.0960. The van der Waals surface area contributed by atoms with Crippen molar-refractivity contribution < 1.29 is 4.79 Å². The Morgan fingerprint density at radius 3 is 3.21 bits per heavy atom. The molecule has 0 spiro atoms. The molecule has 1 atom stereocenters. The third kappa shape index (κ3) is 2.96. The van der Waals surface area contributed by atoms with E-state index in [-0.39, 0.29) is 5.91 Å². The zero-order valence-electron chi connectivity index (χ0n) is 13.1. The third-order valence-corrected chi connectivity index (χ3v) is 4.90. The number of fused-ring (bicyclic) bond motifs is 1. The summed E-state index contributed by atoms with van der Waals surface area (Å²) in [5.74, 6) is 1.18. The predicted molar refractivity (Wildman–Crippen MR) is 92.4 cm³/mol. The first kappa shape index (κ1) is 15.1. The fraction of sp³-hybridized carbons (Fsp3) is 0.375. The molecule has 1 fully saturated rings. The number of piperidine rings is 1. The number of anilines is 1. The predicted octanol–water partition coefficient (Wildman–Crippen LogP) is 1.83. The fourth-order valence-corrected chi connectivity index (χ4v) is 3.64. The van der Waals surface area contributed by atoms with Crippen molar-refractivity contribution in [1.29, 1.82) is 0 Å². The van der Waals surface area contributed by atoms with Crippen molar-refractivity contribution in [3.8, 4) is 0 Å². The van der Waals surface area contributed by atoms with Crippen LogP contribution in [0.5, 0.6) is 0 Å². The summed E-state index contributed by atoms with van der Waals surface area (Å²) in [6.45, 7) is 2.49. The van der Waals surface area contributed by atoms with Crippen LogP contribution in [0.15, 0.2) is 35.3 Å². The number of rotatable bonds is 4. The fourth-order valence-electron chi connectivity index (χ4n) is 3.11. The van der Waals surface area contributed by atoms with E-state index in [1.807, 2.05) is 28.8 Å². The molecule has 4 heterocycles. The van der Waals surface area contributed by atoms with Crippen molar-refractivity contribution in [2.75, 3.05) is 24.5 Å². The van der Waals surface area contributed by atoms with Crippen LogP contribution in [0.3, 0.4) is 0 Å². The van der Waals surface area contributed by atoms with Crippen molar-refractivity contribution in [2.45, 2.75) is 12.8 Å². The first-order valence-corrected chi connectivity index (χ1v) is 8.96. The summed E-state index contributed by atoms with van der Waals surface area (Å²) in [4.78, 5) is 18.3. The quantitative estimate of drug-likeness (QED) is 0.783. The maximum absolute atomic E-state index is 12.0. The van der Waals surface area contributed by atoms with Gasteiger partial charge in [-0.25, -0.2) is 4.98 Å². The molecule has 0 saturated carbocycles. The molecule has 3 aromatic heterocycles. The average molecular weight is 342 g/mol. The van der Waals surface area contributed by atoms with Gasteiger partial charge in [0.15, 0.2) is 5.65 Å². The third-order valence-electron chi connectivity index (χ3n) is 4.31. The van der Waals surface area contributed by atoms with Gasteiger partial charge in [-0.3, -0.25) is 9.20 Å². The van der Waals surface area contributed by atoms with Gasteiger partial charge in [0.25, 0.3) is 5.91 Å². The minimum absolute atomic E-state index is 0.0960. The number of nitrogens with zero attached hydrogens (tertiary/aromatic N) is 5. The Balaban J connectivity index is 1.41. The topological polar surface area (TPSA) is 75.4 Å². The molecule has 7 nitrogen and oxygen atoms in total. The highest BCUT2D eigenvalue weighted by Gasteiger charge is 2.24. The normalized spacial score (nSPS) is 18.0. The summed E-state index contributed by atoms with van der Waals surface area (Å²) in [5.41, 5.74) is 3.02. The lowest BCUT2D eigenvalue weighted by Crippen LogP contribution is -2.41. The molecular weight excluding hydrogens is 324 g/mol. The number of aromatic nitrogens is 4. The van der Waals surface area contributed by atoms with E-state index in [2.05, 4.69) is 25.4 Å². The van der Waals surface area contributed by atoms with Gasteiger partial charge in [-0.15, -0.1) is 21.5 Å². The van der Waals surface area contributed by atoms with Crippen LogP contribution in [0.1, 0.15) is 23.3 Å². The number of amides is 1. The SMILES string of the molecule is O=C(NCC1CCCN(c2nnc3ccccn23)C1)c1cscn1. The minimum Gasteiger partial charge on any atom is -0.350 e. The number of hydrogen-bond donors (Lipinski definition) is 1. The second-order valence-electron chi connectivity index (χ2n) is 5.97. The number of nitrogens with one attached hydrogen (secondary N) is 1. The van der Waals surface area contributed by atoms with Gasteiger partial charge in [0.05, 0.1) is 5.51 Å². The zero-order chi connectivity index (χ0) is 16.4. The van der Waals surface area contributed by atoms with Crippen LogP contribution in [-0.2, 0) is 0 Å². The molecule has 1 amide bonds. The van der Waals surface area contributed by atoms with Crippen LogP contribution in [0.4, 0.5) is 5.95 Å². The van der Waals surface area contributed by atoms with E-state index in [1.54, 1.807) is 10.9 Å². The summed E-state index contributed by atoms with van der Waals surface area (Å²) in [7, 11) is 0. The molecule has 8 heteroatoms. The van der Waals surface area contributed by atoms with Crippen LogP contribution >= 0.6 is 11.3 Å². The molecule has 4 rings (SSSR count). The Morgan fingerprint density at radius 1 is 1.38 bits per heavy atom. The second-order valence-corrected chi connectivity index (χ2v) is 6.69. The first-order chi connectivity index (χ1) is 11.8. The van der Waals surface area contributed by atoms with Crippen molar-refractivity contribution >= 4 is 28.8 Å². The van der Waals surface area contributed by atoms with Gasteiger partial charge in [0, 0.05) is 31.2 Å². The summed E-state index contributed by atoms with van der Waals surface area (Å²) in [6, 6.07) is 5.89. The molecule has 1 saturated heterocycles. The molecule has 0 aliphatic carbocycles. The highest BCUT2D eigenvalue weighted by molar-refractivity contribution is 7.07. The molecule has 1 unspecified atom stereocenters. The van der Waals surface area contributed by atoms with Crippen LogP contribution in [-0.4, -0.2) is 45.1 Å². The lowest BCUT2D eigenvalue weighted by molar-refractivity contribution is 0.0941. The molecule has 1 N–H and O–H groups in total. The number of carbonyl (C=O) groups excluding carboxylic acids is 1. The van der Waals surface area contributed by atoms with E-state index >= 15 is 0 Å². The Labute approximate surface area is 143 Å². The number of carbonyl (C=O) groups is 1. The van der Waals surface area contributed by atoms with Crippen molar-refractivity contribution in [2.24, 2.45) is 5.92 Å². The molecule has 0 radical (unpaired) electrons.